The van der Waals surface area contributed by atoms with Crippen molar-refractivity contribution in [2.24, 2.45) is 5.92 Å². The molecule has 1 fully saturated rings. The Kier molecular flexibility index (Phi) is 3.01. The molecule has 0 radical (unpaired) electrons. The monoisotopic (exact) mass is 180 g/mol. The van der Waals surface area contributed by atoms with Gasteiger partial charge in [0.05, 0.1) is 5.92 Å². The van der Waals surface area contributed by atoms with Crippen LogP contribution in [0, 0.1) is 5.92 Å². The van der Waals surface area contributed by atoms with Crippen LogP contribution in [0.15, 0.2) is 0 Å². The van der Waals surface area contributed by atoms with Crippen LogP contribution >= 0.6 is 0 Å². The van der Waals surface area contributed by atoms with Gasteiger partial charge in [-0.3, -0.25) is 0 Å². The highest BCUT2D eigenvalue weighted by Crippen LogP contribution is 2.51. The first-order chi connectivity index (χ1) is 5.61. The summed E-state index contributed by atoms with van der Waals surface area (Å²) in [7, 11) is 0. The summed E-state index contributed by atoms with van der Waals surface area (Å²) in [6.45, 7) is 4.37. The number of halogens is 2. The zero-order valence-electron chi connectivity index (χ0n) is 7.35. The SMILES string of the molecule is CCOC(OCC)[C@H]1CC1(F)F. The number of ether oxygens (including phenoxy) is 2. The Morgan fingerprint density at radius 3 is 2.00 bits per heavy atom. The summed E-state index contributed by atoms with van der Waals surface area (Å²) < 4.78 is 35.1. The van der Waals surface area contributed by atoms with E-state index < -0.39 is 18.1 Å². The van der Waals surface area contributed by atoms with Gasteiger partial charge in [0.2, 0.25) is 0 Å². The highest BCUT2D eigenvalue weighted by molar-refractivity contribution is 4.97. The van der Waals surface area contributed by atoms with E-state index in [2.05, 4.69) is 0 Å². The molecule has 0 saturated heterocycles. The Morgan fingerprint density at radius 1 is 1.33 bits per heavy atom. The summed E-state index contributed by atoms with van der Waals surface area (Å²) in [6, 6.07) is 0. The molecule has 0 amide bonds. The van der Waals surface area contributed by atoms with Crippen molar-refractivity contribution in [3.05, 3.63) is 0 Å². The van der Waals surface area contributed by atoms with Gasteiger partial charge in [0.1, 0.15) is 0 Å². The van der Waals surface area contributed by atoms with Gasteiger partial charge in [-0.15, -0.1) is 0 Å². The molecule has 12 heavy (non-hydrogen) atoms. The normalized spacial score (nSPS) is 26.2. The fourth-order valence-electron chi connectivity index (χ4n) is 1.14. The van der Waals surface area contributed by atoms with E-state index in [1.807, 2.05) is 0 Å². The van der Waals surface area contributed by atoms with Gasteiger partial charge >= 0.3 is 0 Å². The molecular formula is C8H14F2O2. The summed E-state index contributed by atoms with van der Waals surface area (Å²) in [4.78, 5) is 0. The molecule has 0 aromatic rings. The second kappa shape index (κ2) is 3.66. The van der Waals surface area contributed by atoms with E-state index in [0.29, 0.717) is 13.2 Å². The second-order valence-electron chi connectivity index (χ2n) is 2.85. The van der Waals surface area contributed by atoms with Crippen molar-refractivity contribution in [1.29, 1.82) is 0 Å². The summed E-state index contributed by atoms with van der Waals surface area (Å²) in [5.41, 5.74) is 0. The van der Waals surface area contributed by atoms with E-state index in [9.17, 15) is 8.78 Å². The molecule has 1 atom stereocenters. The minimum atomic E-state index is -2.56. The van der Waals surface area contributed by atoms with Crippen LogP contribution in [0.25, 0.3) is 0 Å². The molecular weight excluding hydrogens is 166 g/mol. The second-order valence-corrected chi connectivity index (χ2v) is 2.85. The van der Waals surface area contributed by atoms with Gasteiger partial charge in [0.15, 0.2) is 6.29 Å². The summed E-state index contributed by atoms with van der Waals surface area (Å²) >= 11 is 0. The third kappa shape index (κ3) is 2.14. The molecule has 0 N–H and O–H groups in total. The summed E-state index contributed by atoms with van der Waals surface area (Å²) in [6.07, 6.45) is -0.813. The van der Waals surface area contributed by atoms with Crippen LogP contribution in [-0.4, -0.2) is 25.4 Å². The quantitative estimate of drug-likeness (QED) is 0.603. The number of alkyl halides is 2. The minimum Gasteiger partial charge on any atom is -0.352 e. The molecule has 1 aliphatic rings. The van der Waals surface area contributed by atoms with Crippen molar-refractivity contribution in [3.8, 4) is 0 Å². The Labute approximate surface area is 70.8 Å². The van der Waals surface area contributed by atoms with Crippen LogP contribution in [0.5, 0.6) is 0 Å². The molecule has 1 saturated carbocycles. The van der Waals surface area contributed by atoms with Crippen LogP contribution in [0.2, 0.25) is 0 Å². The van der Waals surface area contributed by atoms with E-state index >= 15 is 0 Å². The predicted molar refractivity (Wildman–Crippen MR) is 40.1 cm³/mol. The van der Waals surface area contributed by atoms with Gasteiger partial charge in [-0.2, -0.15) is 0 Å². The zero-order chi connectivity index (χ0) is 9.19. The summed E-state index contributed by atoms with van der Waals surface area (Å²) in [5.74, 6) is -3.29. The highest BCUT2D eigenvalue weighted by atomic mass is 19.3. The average molecular weight is 180 g/mol. The topological polar surface area (TPSA) is 18.5 Å². The van der Waals surface area contributed by atoms with Gasteiger partial charge in [0, 0.05) is 19.6 Å². The average Bonchev–Trinajstić information content (AvgIpc) is 2.60. The smallest absolute Gasteiger partial charge is 0.256 e. The first kappa shape index (κ1) is 9.86. The van der Waals surface area contributed by atoms with Gasteiger partial charge in [-0.1, -0.05) is 0 Å². The molecule has 1 aliphatic carbocycles. The molecule has 0 unspecified atom stereocenters. The van der Waals surface area contributed by atoms with Crippen LogP contribution in [0.3, 0.4) is 0 Å². The molecule has 4 heteroatoms. The van der Waals surface area contributed by atoms with E-state index in [1.165, 1.54) is 0 Å². The van der Waals surface area contributed by atoms with E-state index in [4.69, 9.17) is 9.47 Å². The van der Waals surface area contributed by atoms with E-state index in [-0.39, 0.29) is 6.42 Å². The maximum Gasteiger partial charge on any atom is 0.256 e. The standard InChI is InChI=1S/C8H14F2O2/c1-3-11-7(12-4-2)6-5-8(6,9)10/h6-7H,3-5H2,1-2H3/t6-/m1/s1. The Hall–Kier alpha value is -0.220. The van der Waals surface area contributed by atoms with Crippen molar-refractivity contribution in [2.45, 2.75) is 32.5 Å². The maximum absolute atomic E-state index is 12.5. The lowest BCUT2D eigenvalue weighted by Crippen LogP contribution is -2.22. The van der Waals surface area contributed by atoms with Gasteiger partial charge in [0.25, 0.3) is 5.92 Å². The maximum atomic E-state index is 12.5. The van der Waals surface area contributed by atoms with Gasteiger partial charge in [-0.25, -0.2) is 8.78 Å². The largest absolute Gasteiger partial charge is 0.352 e. The van der Waals surface area contributed by atoms with E-state index in [0.717, 1.165) is 0 Å². The van der Waals surface area contributed by atoms with Crippen molar-refractivity contribution in [3.63, 3.8) is 0 Å². The van der Waals surface area contributed by atoms with E-state index in [1.54, 1.807) is 13.8 Å². The van der Waals surface area contributed by atoms with Crippen molar-refractivity contribution < 1.29 is 18.3 Å². The Morgan fingerprint density at radius 2 is 1.75 bits per heavy atom. The molecule has 0 aromatic carbocycles. The lowest BCUT2D eigenvalue weighted by atomic mass is 10.4. The number of rotatable bonds is 5. The first-order valence-electron chi connectivity index (χ1n) is 4.22. The third-order valence-corrected chi connectivity index (χ3v) is 1.86. The van der Waals surface area contributed by atoms with Gasteiger partial charge in [-0.05, 0) is 13.8 Å². The van der Waals surface area contributed by atoms with Crippen molar-refractivity contribution >= 4 is 0 Å². The van der Waals surface area contributed by atoms with Crippen molar-refractivity contribution in [1.82, 2.24) is 0 Å². The first-order valence-corrected chi connectivity index (χ1v) is 4.22. The molecule has 0 bridgehead atoms. The Balaban J connectivity index is 2.34. The van der Waals surface area contributed by atoms with Gasteiger partial charge < -0.3 is 9.47 Å². The molecule has 0 aromatic heterocycles. The minimum absolute atomic E-state index is 0.0995. The molecule has 0 aliphatic heterocycles. The number of hydrogen-bond acceptors (Lipinski definition) is 2. The fraction of sp³-hybridized carbons (Fsp3) is 1.00. The Bertz CT molecular complexity index is 144. The van der Waals surface area contributed by atoms with Crippen molar-refractivity contribution in [2.75, 3.05) is 13.2 Å². The fourth-order valence-corrected chi connectivity index (χ4v) is 1.14. The third-order valence-electron chi connectivity index (χ3n) is 1.86. The molecule has 72 valence electrons. The highest BCUT2D eigenvalue weighted by Gasteiger charge is 2.61. The number of hydrogen-bond donors (Lipinski definition) is 0. The molecule has 1 rings (SSSR count). The molecule has 0 spiro atoms. The lowest BCUT2D eigenvalue weighted by molar-refractivity contribution is -0.162. The predicted octanol–water partition coefficient (Wildman–Crippen LogP) is 2.04. The molecule has 2 nitrogen and oxygen atoms in total. The van der Waals surface area contributed by atoms with Crippen LogP contribution in [0.4, 0.5) is 8.78 Å². The molecule has 0 heterocycles. The van der Waals surface area contributed by atoms with Crippen LogP contribution < -0.4 is 0 Å². The van der Waals surface area contributed by atoms with Crippen LogP contribution in [0.1, 0.15) is 20.3 Å². The van der Waals surface area contributed by atoms with Crippen LogP contribution in [-0.2, 0) is 9.47 Å². The summed E-state index contributed by atoms with van der Waals surface area (Å²) in [5, 5.41) is 0. The zero-order valence-corrected chi connectivity index (χ0v) is 7.35. The lowest BCUT2D eigenvalue weighted by Gasteiger charge is -2.15.